The second-order valence-electron chi connectivity index (χ2n) is 15.6. The van der Waals surface area contributed by atoms with Crippen LogP contribution in [0.5, 0.6) is 0 Å². The Balaban J connectivity index is 0.992. The van der Waals surface area contributed by atoms with Gasteiger partial charge < -0.3 is 9.32 Å². The normalized spacial score (nSPS) is 11.6. The van der Waals surface area contributed by atoms with Gasteiger partial charge in [0.05, 0.1) is 5.69 Å². The van der Waals surface area contributed by atoms with Crippen molar-refractivity contribution in [3.63, 3.8) is 0 Å². The Bertz CT molecular complexity index is 3590. The van der Waals surface area contributed by atoms with Crippen LogP contribution >= 0.6 is 11.3 Å². The van der Waals surface area contributed by atoms with Gasteiger partial charge in [0.25, 0.3) is 0 Å². The van der Waals surface area contributed by atoms with Crippen molar-refractivity contribution in [1.29, 1.82) is 0 Å². The zero-order valence-corrected chi connectivity index (χ0v) is 33.9. The van der Waals surface area contributed by atoms with Gasteiger partial charge in [0.15, 0.2) is 0 Å². The molecule has 0 atom stereocenters. The van der Waals surface area contributed by atoms with Crippen LogP contribution in [-0.2, 0) is 0 Å². The van der Waals surface area contributed by atoms with Crippen molar-refractivity contribution in [1.82, 2.24) is 0 Å². The predicted octanol–water partition coefficient (Wildman–Crippen LogP) is 17.2. The summed E-state index contributed by atoms with van der Waals surface area (Å²) in [5, 5.41) is 7.36. The van der Waals surface area contributed by atoms with E-state index >= 15 is 0 Å². The summed E-state index contributed by atoms with van der Waals surface area (Å²) in [5.74, 6) is 0. The molecule has 12 aromatic rings. The molecule has 2 aromatic heterocycles. The average Bonchev–Trinajstić information content (AvgIpc) is 3.91. The van der Waals surface area contributed by atoms with Crippen LogP contribution in [0.3, 0.4) is 0 Å². The minimum atomic E-state index is 0.904. The van der Waals surface area contributed by atoms with Crippen LogP contribution in [0.15, 0.2) is 229 Å². The monoisotopic (exact) mass is 795 g/mol. The first-order valence-corrected chi connectivity index (χ1v) is 21.6. The van der Waals surface area contributed by atoms with Crippen LogP contribution in [0.4, 0.5) is 17.1 Å². The van der Waals surface area contributed by atoms with Crippen LogP contribution in [0, 0.1) is 0 Å². The zero-order valence-electron chi connectivity index (χ0n) is 33.1. The summed E-state index contributed by atoms with van der Waals surface area (Å²) < 4.78 is 9.06. The highest BCUT2D eigenvalue weighted by atomic mass is 32.1. The lowest BCUT2D eigenvalue weighted by Crippen LogP contribution is -2.11. The first-order valence-electron chi connectivity index (χ1n) is 20.7. The first-order chi connectivity index (χ1) is 30.2. The number of thiophene rings is 1. The number of rotatable bonds is 7. The Hall–Kier alpha value is -7.72. The van der Waals surface area contributed by atoms with E-state index < -0.39 is 0 Å². The van der Waals surface area contributed by atoms with Crippen LogP contribution in [0.25, 0.3) is 97.4 Å². The van der Waals surface area contributed by atoms with E-state index in [-0.39, 0.29) is 0 Å². The van der Waals surface area contributed by atoms with Crippen molar-refractivity contribution in [2.24, 2.45) is 0 Å². The molecule has 0 aliphatic rings. The summed E-state index contributed by atoms with van der Waals surface area (Å²) in [6, 6.07) is 81.2. The summed E-state index contributed by atoms with van der Waals surface area (Å²) in [6.45, 7) is 0. The smallest absolute Gasteiger partial charge is 0.143 e. The lowest BCUT2D eigenvalue weighted by molar-refractivity contribution is 0.670. The SMILES string of the molecule is c1cc(-c2ccc(N(c3ccc(-c4cccc5c4oc4ccccc45)cc3)c3ccccc3-c3cccc4sc5ccccc5c34)cc2)cc(-c2cccc3ccccc23)c1. The van der Waals surface area contributed by atoms with Crippen LogP contribution in [-0.4, -0.2) is 0 Å². The fourth-order valence-electron chi connectivity index (χ4n) is 9.23. The summed E-state index contributed by atoms with van der Waals surface area (Å²) in [5.41, 5.74) is 14.5. The molecule has 286 valence electrons. The zero-order chi connectivity index (χ0) is 40.3. The van der Waals surface area contributed by atoms with E-state index in [0.29, 0.717) is 0 Å². The van der Waals surface area contributed by atoms with Gasteiger partial charge in [-0.25, -0.2) is 0 Å². The van der Waals surface area contributed by atoms with Crippen molar-refractivity contribution in [3.05, 3.63) is 224 Å². The maximum atomic E-state index is 6.47. The van der Waals surface area contributed by atoms with Crippen molar-refractivity contribution in [3.8, 4) is 44.5 Å². The minimum absolute atomic E-state index is 0.904. The molecule has 0 bridgehead atoms. The number of anilines is 3. The Morgan fingerprint density at radius 1 is 0.344 bits per heavy atom. The van der Waals surface area contributed by atoms with E-state index in [4.69, 9.17) is 4.42 Å². The van der Waals surface area contributed by atoms with E-state index in [1.807, 2.05) is 23.5 Å². The molecule has 0 spiro atoms. The molecule has 0 aliphatic heterocycles. The van der Waals surface area contributed by atoms with Crippen molar-refractivity contribution in [2.75, 3.05) is 4.90 Å². The summed E-state index contributed by atoms with van der Waals surface area (Å²) in [7, 11) is 0. The Morgan fingerprint density at radius 2 is 0.918 bits per heavy atom. The first kappa shape index (κ1) is 35.2. The molecule has 10 aromatic carbocycles. The van der Waals surface area contributed by atoms with Gasteiger partial charge >= 0.3 is 0 Å². The molecule has 61 heavy (non-hydrogen) atoms. The molecule has 0 unspecified atom stereocenters. The molecule has 0 saturated heterocycles. The summed E-state index contributed by atoms with van der Waals surface area (Å²) in [4.78, 5) is 2.41. The molecule has 0 amide bonds. The third-order valence-electron chi connectivity index (χ3n) is 12.1. The summed E-state index contributed by atoms with van der Waals surface area (Å²) >= 11 is 1.86. The van der Waals surface area contributed by atoms with Gasteiger partial charge in [-0.1, -0.05) is 170 Å². The van der Waals surface area contributed by atoms with E-state index in [0.717, 1.165) is 50.1 Å². The molecule has 0 fully saturated rings. The van der Waals surface area contributed by atoms with Gasteiger partial charge in [-0.3, -0.25) is 0 Å². The number of hydrogen-bond acceptors (Lipinski definition) is 3. The topological polar surface area (TPSA) is 16.4 Å². The standard InChI is InChI=1S/C58H37NOS/c1-2-17-45-39(13-1)14-10-21-46(45)42-16-9-15-41(37-42)38-29-33-43(34-30-38)59(44-35-31-40(32-36-44)47-22-11-24-51-49-19-4-7-26-54(49)60-58(47)51)53-25-6-3-18-48(53)50-23-12-28-56-57(50)52-20-5-8-27-55(52)61-56/h1-37H. The number of hydrogen-bond donors (Lipinski definition) is 0. The van der Waals surface area contributed by atoms with Gasteiger partial charge in [-0.2, -0.15) is 0 Å². The van der Waals surface area contributed by atoms with Crippen LogP contribution in [0.2, 0.25) is 0 Å². The Labute approximate surface area is 357 Å². The highest BCUT2D eigenvalue weighted by Crippen LogP contribution is 2.47. The largest absolute Gasteiger partial charge is 0.455 e. The van der Waals surface area contributed by atoms with Crippen molar-refractivity contribution in [2.45, 2.75) is 0 Å². The van der Waals surface area contributed by atoms with Crippen LogP contribution in [0.1, 0.15) is 0 Å². The van der Waals surface area contributed by atoms with Gasteiger partial charge in [-0.05, 0) is 98.8 Å². The highest BCUT2D eigenvalue weighted by Gasteiger charge is 2.21. The molecule has 0 aliphatic carbocycles. The molecule has 0 N–H and O–H groups in total. The van der Waals surface area contributed by atoms with Crippen molar-refractivity contribution >= 4 is 81.3 Å². The van der Waals surface area contributed by atoms with E-state index in [9.17, 15) is 0 Å². The number of benzene rings is 10. The second-order valence-corrected chi connectivity index (χ2v) is 16.7. The molecular formula is C58H37NOS. The lowest BCUT2D eigenvalue weighted by Gasteiger charge is -2.28. The molecule has 0 saturated carbocycles. The predicted molar refractivity (Wildman–Crippen MR) is 261 cm³/mol. The van der Waals surface area contributed by atoms with Crippen molar-refractivity contribution < 1.29 is 4.42 Å². The van der Waals surface area contributed by atoms with Gasteiger partial charge in [0.1, 0.15) is 11.2 Å². The molecule has 3 heteroatoms. The van der Waals surface area contributed by atoms with Gasteiger partial charge in [0.2, 0.25) is 0 Å². The average molecular weight is 796 g/mol. The number of nitrogens with zero attached hydrogens (tertiary/aromatic N) is 1. The number of furan rings is 1. The Morgan fingerprint density at radius 3 is 1.79 bits per heavy atom. The third kappa shape index (κ3) is 6.01. The molecule has 2 nitrogen and oxygen atoms in total. The minimum Gasteiger partial charge on any atom is -0.455 e. The Kier molecular flexibility index (Phi) is 8.39. The quantitative estimate of drug-likeness (QED) is 0.160. The van der Waals surface area contributed by atoms with Gasteiger partial charge in [-0.15, -0.1) is 11.3 Å². The summed E-state index contributed by atoms with van der Waals surface area (Å²) in [6.07, 6.45) is 0. The second kappa shape index (κ2) is 14.5. The molecule has 0 radical (unpaired) electrons. The van der Waals surface area contributed by atoms with Crippen LogP contribution < -0.4 is 4.90 Å². The molecular weight excluding hydrogens is 759 g/mol. The van der Waals surface area contributed by atoms with E-state index in [1.165, 1.54) is 64.3 Å². The fraction of sp³-hybridized carbons (Fsp3) is 0. The van der Waals surface area contributed by atoms with E-state index in [1.54, 1.807) is 0 Å². The van der Waals surface area contributed by atoms with Gasteiger partial charge in [0, 0.05) is 53.4 Å². The molecule has 2 heterocycles. The maximum absolute atomic E-state index is 6.47. The fourth-order valence-corrected chi connectivity index (χ4v) is 10.4. The highest BCUT2D eigenvalue weighted by molar-refractivity contribution is 7.25. The number of fused-ring (bicyclic) bond motifs is 7. The molecule has 12 rings (SSSR count). The van der Waals surface area contributed by atoms with E-state index in [2.05, 4.69) is 217 Å². The maximum Gasteiger partial charge on any atom is 0.143 e. The third-order valence-corrected chi connectivity index (χ3v) is 13.2. The number of para-hydroxylation sites is 3. The lowest BCUT2D eigenvalue weighted by atomic mass is 9.95.